The Morgan fingerprint density at radius 2 is 2.16 bits per heavy atom. The van der Waals surface area contributed by atoms with Gasteiger partial charge in [-0.05, 0) is 24.1 Å². The minimum absolute atomic E-state index is 0.336. The first kappa shape index (κ1) is 18.7. The molecule has 0 amide bonds. The van der Waals surface area contributed by atoms with Crippen molar-refractivity contribution < 1.29 is 9.13 Å². The maximum absolute atomic E-state index is 13.2. The van der Waals surface area contributed by atoms with Gasteiger partial charge in [-0.15, -0.1) is 0 Å². The first-order valence-electron chi connectivity index (χ1n) is 8.42. The highest BCUT2D eigenvalue weighted by Crippen LogP contribution is 2.19. The molecule has 1 aromatic carbocycles. The van der Waals surface area contributed by atoms with Crippen LogP contribution in [0.4, 0.5) is 4.39 Å². The number of aromatic nitrogens is 1. The molecule has 0 aliphatic heterocycles. The average molecular weight is 344 g/mol. The highest BCUT2D eigenvalue weighted by atomic mass is 19.1. The largest absolute Gasteiger partial charge is 0.439 e. The van der Waals surface area contributed by atoms with E-state index in [9.17, 15) is 4.39 Å². The van der Waals surface area contributed by atoms with Crippen LogP contribution in [0.5, 0.6) is 11.6 Å². The SMILES string of the molecule is CCCCN(C)C(=NC)NCc1ccc(Oc2cccc(F)c2)nc1. The van der Waals surface area contributed by atoms with Crippen molar-refractivity contribution >= 4 is 5.96 Å². The van der Waals surface area contributed by atoms with Gasteiger partial charge in [-0.1, -0.05) is 25.5 Å². The van der Waals surface area contributed by atoms with Gasteiger partial charge in [-0.2, -0.15) is 0 Å². The fraction of sp³-hybridized carbons (Fsp3) is 0.368. The molecule has 25 heavy (non-hydrogen) atoms. The summed E-state index contributed by atoms with van der Waals surface area (Å²) in [4.78, 5) is 10.7. The number of nitrogens with zero attached hydrogens (tertiary/aromatic N) is 3. The summed E-state index contributed by atoms with van der Waals surface area (Å²) >= 11 is 0. The fourth-order valence-corrected chi connectivity index (χ4v) is 2.29. The second kappa shape index (κ2) is 9.61. The van der Waals surface area contributed by atoms with Gasteiger partial charge in [0.1, 0.15) is 11.6 Å². The predicted molar refractivity (Wildman–Crippen MR) is 98.4 cm³/mol. The summed E-state index contributed by atoms with van der Waals surface area (Å²) in [5.74, 6) is 1.38. The van der Waals surface area contributed by atoms with Gasteiger partial charge >= 0.3 is 0 Å². The van der Waals surface area contributed by atoms with Crippen LogP contribution in [0.3, 0.4) is 0 Å². The van der Waals surface area contributed by atoms with E-state index in [1.54, 1.807) is 31.4 Å². The third kappa shape index (κ3) is 6.06. The molecular weight excluding hydrogens is 319 g/mol. The maximum atomic E-state index is 13.2. The summed E-state index contributed by atoms with van der Waals surface area (Å²) in [6, 6.07) is 9.69. The van der Waals surface area contributed by atoms with Crippen LogP contribution in [0.2, 0.25) is 0 Å². The molecule has 6 heteroatoms. The number of pyridine rings is 1. The molecule has 1 N–H and O–H groups in total. The van der Waals surface area contributed by atoms with Crippen LogP contribution >= 0.6 is 0 Å². The van der Waals surface area contributed by atoms with E-state index in [-0.39, 0.29) is 5.82 Å². The lowest BCUT2D eigenvalue weighted by Crippen LogP contribution is -2.38. The van der Waals surface area contributed by atoms with E-state index in [4.69, 9.17) is 4.74 Å². The number of benzene rings is 1. The van der Waals surface area contributed by atoms with Crippen molar-refractivity contribution in [2.24, 2.45) is 4.99 Å². The number of nitrogens with one attached hydrogen (secondary N) is 1. The van der Waals surface area contributed by atoms with E-state index < -0.39 is 0 Å². The quantitative estimate of drug-likeness (QED) is 0.613. The lowest BCUT2D eigenvalue weighted by molar-refractivity contribution is 0.457. The van der Waals surface area contributed by atoms with Crippen LogP contribution in [0, 0.1) is 5.82 Å². The highest BCUT2D eigenvalue weighted by molar-refractivity contribution is 5.79. The van der Waals surface area contributed by atoms with Crippen molar-refractivity contribution in [3.05, 3.63) is 54.0 Å². The molecule has 134 valence electrons. The first-order chi connectivity index (χ1) is 12.1. The lowest BCUT2D eigenvalue weighted by Gasteiger charge is -2.21. The van der Waals surface area contributed by atoms with Gasteiger partial charge < -0.3 is 15.0 Å². The third-order valence-corrected chi connectivity index (χ3v) is 3.69. The monoisotopic (exact) mass is 344 g/mol. The van der Waals surface area contributed by atoms with Crippen molar-refractivity contribution in [3.8, 4) is 11.6 Å². The maximum Gasteiger partial charge on any atom is 0.219 e. The summed E-state index contributed by atoms with van der Waals surface area (Å²) in [7, 11) is 3.80. The Labute approximate surface area is 148 Å². The minimum Gasteiger partial charge on any atom is -0.439 e. The molecule has 0 radical (unpaired) electrons. The summed E-state index contributed by atoms with van der Waals surface area (Å²) < 4.78 is 18.7. The Morgan fingerprint density at radius 3 is 2.80 bits per heavy atom. The fourth-order valence-electron chi connectivity index (χ4n) is 2.29. The molecule has 0 saturated heterocycles. The number of unbranched alkanes of at least 4 members (excludes halogenated alkanes) is 1. The molecular formula is C19H25FN4O. The van der Waals surface area contributed by atoms with Crippen LogP contribution in [0.1, 0.15) is 25.3 Å². The Bertz CT molecular complexity index is 688. The van der Waals surface area contributed by atoms with Crippen LogP contribution < -0.4 is 10.1 Å². The number of halogens is 1. The normalized spacial score (nSPS) is 11.3. The van der Waals surface area contributed by atoms with Crippen LogP contribution in [-0.4, -0.2) is 36.5 Å². The van der Waals surface area contributed by atoms with Crippen molar-refractivity contribution in [1.29, 1.82) is 0 Å². The van der Waals surface area contributed by atoms with Gasteiger partial charge in [0.25, 0.3) is 0 Å². The summed E-state index contributed by atoms with van der Waals surface area (Å²) in [5.41, 5.74) is 1.01. The number of ether oxygens (including phenoxy) is 1. The highest BCUT2D eigenvalue weighted by Gasteiger charge is 2.05. The number of guanidine groups is 1. The topological polar surface area (TPSA) is 49.8 Å². The van der Waals surface area contributed by atoms with Crippen LogP contribution in [0.15, 0.2) is 47.6 Å². The average Bonchev–Trinajstić information content (AvgIpc) is 2.62. The van der Waals surface area contributed by atoms with Gasteiger partial charge in [0.2, 0.25) is 5.88 Å². The Balaban J connectivity index is 1.89. The minimum atomic E-state index is -0.336. The molecule has 0 atom stereocenters. The van der Waals surface area contributed by atoms with Crippen LogP contribution in [0.25, 0.3) is 0 Å². The zero-order chi connectivity index (χ0) is 18.1. The molecule has 0 saturated carbocycles. The zero-order valence-corrected chi connectivity index (χ0v) is 15.0. The van der Waals surface area contributed by atoms with Gasteiger partial charge in [0.15, 0.2) is 5.96 Å². The molecule has 2 rings (SSSR count). The Hall–Kier alpha value is -2.63. The van der Waals surface area contributed by atoms with E-state index in [1.807, 2.05) is 13.1 Å². The smallest absolute Gasteiger partial charge is 0.219 e. The van der Waals surface area contributed by atoms with Crippen molar-refractivity contribution in [2.75, 3.05) is 20.6 Å². The second-order valence-electron chi connectivity index (χ2n) is 5.74. The summed E-state index contributed by atoms with van der Waals surface area (Å²) in [6.07, 6.45) is 4.02. The van der Waals surface area contributed by atoms with Crippen LogP contribution in [-0.2, 0) is 6.54 Å². The van der Waals surface area contributed by atoms with Gasteiger partial charge in [-0.25, -0.2) is 9.37 Å². The molecule has 0 unspecified atom stereocenters. The number of hydrogen-bond donors (Lipinski definition) is 1. The first-order valence-corrected chi connectivity index (χ1v) is 8.42. The zero-order valence-electron chi connectivity index (χ0n) is 15.0. The van der Waals surface area contributed by atoms with Crippen molar-refractivity contribution in [2.45, 2.75) is 26.3 Å². The molecule has 2 aromatic rings. The van der Waals surface area contributed by atoms with E-state index in [1.165, 1.54) is 12.1 Å². The molecule has 0 aliphatic rings. The Morgan fingerprint density at radius 1 is 1.32 bits per heavy atom. The van der Waals surface area contributed by atoms with E-state index >= 15 is 0 Å². The van der Waals surface area contributed by atoms with Gasteiger partial charge in [0, 0.05) is 45.5 Å². The standard InChI is InChI=1S/C19H25FN4O/c1-4-5-11-24(3)19(21-2)23-14-15-9-10-18(22-13-15)25-17-8-6-7-16(20)12-17/h6-10,12-13H,4-5,11,14H2,1-3H3,(H,21,23). The molecule has 0 aliphatic carbocycles. The molecule has 0 spiro atoms. The van der Waals surface area contributed by atoms with Crippen molar-refractivity contribution in [3.63, 3.8) is 0 Å². The van der Waals surface area contributed by atoms with Gasteiger partial charge in [0.05, 0.1) is 0 Å². The molecule has 1 heterocycles. The molecule has 0 bridgehead atoms. The Kier molecular flexibility index (Phi) is 7.19. The summed E-state index contributed by atoms with van der Waals surface area (Å²) in [6.45, 7) is 3.76. The third-order valence-electron chi connectivity index (χ3n) is 3.69. The van der Waals surface area contributed by atoms with Gasteiger partial charge in [-0.3, -0.25) is 4.99 Å². The summed E-state index contributed by atoms with van der Waals surface area (Å²) in [5, 5.41) is 3.32. The van der Waals surface area contributed by atoms with Crippen molar-refractivity contribution in [1.82, 2.24) is 15.2 Å². The number of hydrogen-bond acceptors (Lipinski definition) is 3. The number of rotatable bonds is 7. The number of aliphatic imine (C=N–C) groups is 1. The second-order valence-corrected chi connectivity index (χ2v) is 5.74. The predicted octanol–water partition coefficient (Wildman–Crippen LogP) is 3.82. The molecule has 0 fully saturated rings. The molecule has 1 aromatic heterocycles. The van der Waals surface area contributed by atoms with E-state index in [0.29, 0.717) is 18.2 Å². The van der Waals surface area contributed by atoms with E-state index in [2.05, 4.69) is 27.1 Å². The lowest BCUT2D eigenvalue weighted by atomic mass is 10.3. The molecule has 5 nitrogen and oxygen atoms in total. The van der Waals surface area contributed by atoms with E-state index in [0.717, 1.165) is 30.9 Å².